The Kier molecular flexibility index (Phi) is 4.45. The Morgan fingerprint density at radius 3 is 2.57 bits per heavy atom. The van der Waals surface area contributed by atoms with Gasteiger partial charge in [-0.05, 0) is 36.8 Å². The summed E-state index contributed by atoms with van der Waals surface area (Å²) < 4.78 is 0. The molecule has 0 atom stereocenters. The van der Waals surface area contributed by atoms with E-state index in [4.69, 9.17) is 28.9 Å². The molecule has 0 spiro atoms. The van der Waals surface area contributed by atoms with E-state index in [1.54, 1.807) is 19.1 Å². The molecule has 1 heterocycles. The maximum Gasteiger partial charge on any atom is 0.257 e. The molecule has 0 bridgehead atoms. The standard InChI is InChI=1S/C14H11Cl2N3O2/c1-7-4-8(13(17)20)2-3-11(7)19-14(21)9-5-12(16)18-6-10(9)15/h2-6H,1H3,(H2,17,20)(H,19,21). The van der Waals surface area contributed by atoms with Crippen molar-refractivity contribution in [1.82, 2.24) is 4.98 Å². The molecule has 108 valence electrons. The van der Waals surface area contributed by atoms with Gasteiger partial charge in [0.1, 0.15) is 5.15 Å². The van der Waals surface area contributed by atoms with Crippen LogP contribution in [0.15, 0.2) is 30.5 Å². The number of hydrogen-bond donors (Lipinski definition) is 2. The molecule has 0 fully saturated rings. The highest BCUT2D eigenvalue weighted by Crippen LogP contribution is 2.21. The second-order valence-electron chi connectivity index (χ2n) is 4.33. The van der Waals surface area contributed by atoms with Gasteiger partial charge in [-0.25, -0.2) is 4.98 Å². The predicted octanol–water partition coefficient (Wildman–Crippen LogP) is 3.05. The van der Waals surface area contributed by atoms with Gasteiger partial charge in [0.2, 0.25) is 5.91 Å². The molecule has 3 N–H and O–H groups in total. The largest absolute Gasteiger partial charge is 0.366 e. The van der Waals surface area contributed by atoms with E-state index in [0.717, 1.165) is 0 Å². The van der Waals surface area contributed by atoms with Crippen molar-refractivity contribution in [3.8, 4) is 0 Å². The molecule has 1 aromatic heterocycles. The zero-order chi connectivity index (χ0) is 15.6. The molecule has 2 rings (SSSR count). The Hall–Kier alpha value is -2.11. The van der Waals surface area contributed by atoms with E-state index in [2.05, 4.69) is 10.3 Å². The molecule has 5 nitrogen and oxygen atoms in total. The second-order valence-corrected chi connectivity index (χ2v) is 5.13. The van der Waals surface area contributed by atoms with Gasteiger partial charge in [-0.3, -0.25) is 9.59 Å². The fraction of sp³-hybridized carbons (Fsp3) is 0.0714. The van der Waals surface area contributed by atoms with Crippen LogP contribution in [-0.2, 0) is 0 Å². The number of nitrogens with zero attached hydrogens (tertiary/aromatic N) is 1. The summed E-state index contributed by atoms with van der Waals surface area (Å²) in [6, 6.07) is 6.11. The van der Waals surface area contributed by atoms with Crippen molar-refractivity contribution >= 4 is 40.7 Å². The van der Waals surface area contributed by atoms with Gasteiger partial charge in [0, 0.05) is 17.4 Å². The number of carbonyl (C=O) groups excluding carboxylic acids is 2. The van der Waals surface area contributed by atoms with Crippen molar-refractivity contribution in [3.63, 3.8) is 0 Å². The molecule has 0 aliphatic heterocycles. The molecule has 0 unspecified atom stereocenters. The number of rotatable bonds is 3. The Balaban J connectivity index is 2.27. The van der Waals surface area contributed by atoms with Gasteiger partial charge < -0.3 is 11.1 Å². The highest BCUT2D eigenvalue weighted by Gasteiger charge is 2.13. The van der Waals surface area contributed by atoms with Crippen molar-refractivity contribution in [2.45, 2.75) is 6.92 Å². The topological polar surface area (TPSA) is 85.1 Å². The molecule has 1 aromatic carbocycles. The van der Waals surface area contributed by atoms with E-state index in [1.165, 1.54) is 18.3 Å². The monoisotopic (exact) mass is 323 g/mol. The van der Waals surface area contributed by atoms with E-state index in [0.29, 0.717) is 16.8 Å². The van der Waals surface area contributed by atoms with Gasteiger partial charge in [0.05, 0.1) is 10.6 Å². The highest BCUT2D eigenvalue weighted by atomic mass is 35.5. The van der Waals surface area contributed by atoms with E-state index in [-0.39, 0.29) is 15.7 Å². The second kappa shape index (κ2) is 6.11. The molecule has 0 radical (unpaired) electrons. The summed E-state index contributed by atoms with van der Waals surface area (Å²) >= 11 is 11.7. The minimum absolute atomic E-state index is 0.172. The predicted molar refractivity (Wildman–Crippen MR) is 81.9 cm³/mol. The van der Waals surface area contributed by atoms with Crippen molar-refractivity contribution < 1.29 is 9.59 Å². The number of pyridine rings is 1. The SMILES string of the molecule is Cc1cc(C(N)=O)ccc1NC(=O)c1cc(Cl)ncc1Cl. The highest BCUT2D eigenvalue weighted by molar-refractivity contribution is 6.35. The Labute approximate surface area is 131 Å². The van der Waals surface area contributed by atoms with Gasteiger partial charge in [-0.15, -0.1) is 0 Å². The first kappa shape index (κ1) is 15.3. The van der Waals surface area contributed by atoms with Gasteiger partial charge in [0.25, 0.3) is 5.91 Å². The lowest BCUT2D eigenvalue weighted by atomic mass is 10.1. The van der Waals surface area contributed by atoms with E-state index in [1.807, 2.05) is 0 Å². The molecule has 0 aliphatic rings. The first-order valence-electron chi connectivity index (χ1n) is 5.91. The molecule has 21 heavy (non-hydrogen) atoms. The molecular formula is C14H11Cl2N3O2. The number of anilines is 1. The van der Waals surface area contributed by atoms with Gasteiger partial charge in [0.15, 0.2) is 0 Å². The van der Waals surface area contributed by atoms with Crippen LogP contribution in [0.25, 0.3) is 0 Å². The third-order valence-corrected chi connectivity index (χ3v) is 3.33. The van der Waals surface area contributed by atoms with Gasteiger partial charge >= 0.3 is 0 Å². The van der Waals surface area contributed by atoms with Crippen LogP contribution < -0.4 is 11.1 Å². The number of nitrogens with two attached hydrogens (primary N) is 1. The Morgan fingerprint density at radius 1 is 1.24 bits per heavy atom. The smallest absolute Gasteiger partial charge is 0.257 e. The maximum atomic E-state index is 12.2. The van der Waals surface area contributed by atoms with Crippen molar-refractivity contribution in [1.29, 1.82) is 0 Å². The van der Waals surface area contributed by atoms with Crippen LogP contribution in [0, 0.1) is 6.92 Å². The number of aryl methyl sites for hydroxylation is 1. The van der Waals surface area contributed by atoms with Crippen LogP contribution in [0.3, 0.4) is 0 Å². The summed E-state index contributed by atoms with van der Waals surface area (Å²) in [6.07, 6.45) is 1.31. The van der Waals surface area contributed by atoms with Crippen molar-refractivity contribution in [2.75, 3.05) is 5.32 Å². The Bertz CT molecular complexity index is 732. The molecule has 0 saturated heterocycles. The first-order valence-corrected chi connectivity index (χ1v) is 6.67. The summed E-state index contributed by atoms with van der Waals surface area (Å²) in [7, 11) is 0. The third-order valence-electron chi connectivity index (χ3n) is 2.83. The van der Waals surface area contributed by atoms with Crippen LogP contribution in [0.5, 0.6) is 0 Å². The number of benzene rings is 1. The minimum atomic E-state index is -0.528. The molecule has 2 aromatic rings. The first-order chi connectivity index (χ1) is 9.88. The number of hydrogen-bond acceptors (Lipinski definition) is 3. The molecular weight excluding hydrogens is 313 g/mol. The van der Waals surface area contributed by atoms with Crippen molar-refractivity contribution in [2.24, 2.45) is 5.73 Å². The van der Waals surface area contributed by atoms with E-state index in [9.17, 15) is 9.59 Å². The quantitative estimate of drug-likeness (QED) is 0.851. The van der Waals surface area contributed by atoms with Crippen LogP contribution >= 0.6 is 23.2 Å². The zero-order valence-corrected chi connectivity index (χ0v) is 12.5. The molecule has 2 amide bonds. The summed E-state index contributed by atoms with van der Waals surface area (Å²) in [6.45, 7) is 1.75. The minimum Gasteiger partial charge on any atom is -0.366 e. The van der Waals surface area contributed by atoms with Crippen LogP contribution in [0.2, 0.25) is 10.2 Å². The average Bonchev–Trinajstić information content (AvgIpc) is 2.43. The number of halogens is 2. The number of amides is 2. The van der Waals surface area contributed by atoms with E-state index < -0.39 is 11.8 Å². The Morgan fingerprint density at radius 2 is 1.95 bits per heavy atom. The summed E-state index contributed by atoms with van der Waals surface area (Å²) in [5.74, 6) is -0.945. The van der Waals surface area contributed by atoms with Crippen LogP contribution in [0.4, 0.5) is 5.69 Å². The number of aromatic nitrogens is 1. The maximum absolute atomic E-state index is 12.2. The zero-order valence-electron chi connectivity index (χ0n) is 11.0. The van der Waals surface area contributed by atoms with Crippen LogP contribution in [0.1, 0.15) is 26.3 Å². The van der Waals surface area contributed by atoms with Crippen molar-refractivity contribution in [3.05, 3.63) is 57.3 Å². The third kappa shape index (κ3) is 3.51. The van der Waals surface area contributed by atoms with Gasteiger partial charge in [-0.1, -0.05) is 23.2 Å². The lowest BCUT2D eigenvalue weighted by molar-refractivity contribution is 0.0998. The normalized spacial score (nSPS) is 10.2. The van der Waals surface area contributed by atoms with E-state index >= 15 is 0 Å². The summed E-state index contributed by atoms with van der Waals surface area (Å²) in [5, 5.41) is 3.07. The van der Waals surface area contributed by atoms with Gasteiger partial charge in [-0.2, -0.15) is 0 Å². The van der Waals surface area contributed by atoms with Crippen LogP contribution in [-0.4, -0.2) is 16.8 Å². The molecule has 0 saturated carbocycles. The average molecular weight is 324 g/mol. The number of primary amides is 1. The lowest BCUT2D eigenvalue weighted by Gasteiger charge is -2.10. The summed E-state index contributed by atoms with van der Waals surface area (Å²) in [4.78, 5) is 27.1. The molecule has 7 heteroatoms. The fourth-order valence-corrected chi connectivity index (χ4v) is 2.08. The number of carbonyl (C=O) groups is 2. The lowest BCUT2D eigenvalue weighted by Crippen LogP contribution is -2.15. The number of nitrogens with one attached hydrogen (secondary N) is 1. The summed E-state index contributed by atoms with van der Waals surface area (Å²) in [5.41, 5.74) is 7.04. The fourth-order valence-electron chi connectivity index (χ4n) is 1.73. The molecule has 0 aliphatic carbocycles.